The van der Waals surface area contributed by atoms with Crippen LogP contribution in [-0.2, 0) is 0 Å². The van der Waals surface area contributed by atoms with Crippen molar-refractivity contribution in [3.63, 3.8) is 0 Å². The lowest BCUT2D eigenvalue weighted by molar-refractivity contribution is 0.102. The molecule has 3 rings (SSSR count). The molecule has 118 valence electrons. The van der Waals surface area contributed by atoms with Gasteiger partial charge in [0.1, 0.15) is 10.7 Å². The maximum atomic E-state index is 12.4. The van der Waals surface area contributed by atoms with E-state index >= 15 is 0 Å². The van der Waals surface area contributed by atoms with Crippen LogP contribution in [0, 0.1) is 0 Å². The smallest absolute Gasteiger partial charge is 0.275 e. The maximum absolute atomic E-state index is 12.4. The van der Waals surface area contributed by atoms with Gasteiger partial charge in [0.25, 0.3) is 5.91 Å². The number of nitrogens with one attached hydrogen (secondary N) is 1. The van der Waals surface area contributed by atoms with E-state index in [-0.39, 0.29) is 5.91 Å². The predicted octanol–water partition coefficient (Wildman–Crippen LogP) is 4.84. The number of rotatable bonds is 4. The van der Waals surface area contributed by atoms with Gasteiger partial charge in [-0.3, -0.25) is 4.79 Å². The van der Waals surface area contributed by atoms with Gasteiger partial charge in [0.2, 0.25) is 0 Å². The van der Waals surface area contributed by atoms with Crippen molar-refractivity contribution in [2.45, 2.75) is 0 Å². The molecule has 0 fully saturated rings. The predicted molar refractivity (Wildman–Crippen MR) is 99.2 cm³/mol. The Morgan fingerprint density at radius 3 is 2.70 bits per heavy atom. The van der Waals surface area contributed by atoms with Gasteiger partial charge >= 0.3 is 0 Å². The summed E-state index contributed by atoms with van der Waals surface area (Å²) < 4.78 is 0.709. The second-order valence-corrected chi connectivity index (χ2v) is 7.58. The first-order valence-corrected chi connectivity index (χ1v) is 8.91. The van der Waals surface area contributed by atoms with Gasteiger partial charge in [-0.25, -0.2) is 4.98 Å². The number of thiophene rings is 1. The molecule has 0 aliphatic carbocycles. The molecule has 0 aliphatic heterocycles. The lowest BCUT2D eigenvalue weighted by Gasteiger charge is -2.17. The van der Waals surface area contributed by atoms with Crippen LogP contribution in [0.3, 0.4) is 0 Å². The Morgan fingerprint density at radius 1 is 1.22 bits per heavy atom. The van der Waals surface area contributed by atoms with Gasteiger partial charge in [0, 0.05) is 19.5 Å². The second-order valence-electron chi connectivity index (χ2n) is 5.01. The van der Waals surface area contributed by atoms with Crippen LogP contribution in [0.25, 0.3) is 9.88 Å². The minimum atomic E-state index is -0.218. The first-order valence-electron chi connectivity index (χ1n) is 6.83. The third-order valence-corrected chi connectivity index (χ3v) is 5.40. The van der Waals surface area contributed by atoms with Gasteiger partial charge in [-0.05, 0) is 24.3 Å². The standard InChI is InChI=1S/C16H14ClN3OS2/c1-20(2)12-6-4-3-5-10(12)18-15(21)11-9-22-16(19-11)13-7-8-14(17)23-13/h3-9H,1-2H3,(H,18,21). The fourth-order valence-electron chi connectivity index (χ4n) is 2.08. The van der Waals surface area contributed by atoms with E-state index < -0.39 is 0 Å². The first-order chi connectivity index (χ1) is 11.0. The van der Waals surface area contributed by atoms with Crippen LogP contribution in [0.5, 0.6) is 0 Å². The largest absolute Gasteiger partial charge is 0.376 e. The normalized spacial score (nSPS) is 10.6. The van der Waals surface area contributed by atoms with Gasteiger partial charge in [-0.15, -0.1) is 22.7 Å². The van der Waals surface area contributed by atoms with Crippen LogP contribution in [0.4, 0.5) is 11.4 Å². The highest BCUT2D eigenvalue weighted by Crippen LogP contribution is 2.33. The number of carbonyl (C=O) groups excluding carboxylic acids is 1. The van der Waals surface area contributed by atoms with Gasteiger partial charge < -0.3 is 10.2 Å². The van der Waals surface area contributed by atoms with Crippen LogP contribution < -0.4 is 10.2 Å². The summed E-state index contributed by atoms with van der Waals surface area (Å²) in [4.78, 5) is 19.8. The number of thiazole rings is 1. The van der Waals surface area contributed by atoms with E-state index in [2.05, 4.69) is 10.3 Å². The molecule has 1 aromatic carbocycles. The third-order valence-electron chi connectivity index (χ3n) is 3.15. The summed E-state index contributed by atoms with van der Waals surface area (Å²) >= 11 is 8.83. The summed E-state index contributed by atoms with van der Waals surface area (Å²) in [6.07, 6.45) is 0. The molecule has 7 heteroatoms. The number of aromatic nitrogens is 1. The zero-order chi connectivity index (χ0) is 16.4. The minimum Gasteiger partial charge on any atom is -0.376 e. The SMILES string of the molecule is CN(C)c1ccccc1NC(=O)c1csc(-c2ccc(Cl)s2)n1. The average molecular weight is 364 g/mol. The molecule has 0 saturated carbocycles. The van der Waals surface area contributed by atoms with Crippen molar-refractivity contribution in [2.75, 3.05) is 24.3 Å². The molecule has 3 aromatic rings. The number of amides is 1. The van der Waals surface area contributed by atoms with Crippen molar-refractivity contribution < 1.29 is 4.79 Å². The van der Waals surface area contributed by atoms with Crippen molar-refractivity contribution >= 4 is 51.6 Å². The summed E-state index contributed by atoms with van der Waals surface area (Å²) in [7, 11) is 3.87. The van der Waals surface area contributed by atoms with Crippen molar-refractivity contribution in [2.24, 2.45) is 0 Å². The number of nitrogens with zero attached hydrogens (tertiary/aromatic N) is 2. The van der Waals surface area contributed by atoms with E-state index in [4.69, 9.17) is 11.6 Å². The molecule has 2 aromatic heterocycles. The highest BCUT2D eigenvalue weighted by atomic mass is 35.5. The molecule has 0 atom stereocenters. The fourth-order valence-corrected chi connectivity index (χ4v) is 3.99. The number of benzene rings is 1. The average Bonchev–Trinajstić information content (AvgIpc) is 3.16. The van der Waals surface area contributed by atoms with Crippen LogP contribution in [0.15, 0.2) is 41.8 Å². The molecule has 0 unspecified atom stereocenters. The second kappa shape index (κ2) is 6.70. The Labute approximate surface area is 147 Å². The molecule has 1 N–H and O–H groups in total. The Hall–Kier alpha value is -1.89. The van der Waals surface area contributed by atoms with E-state index in [1.807, 2.05) is 55.4 Å². The molecule has 0 saturated heterocycles. The van der Waals surface area contributed by atoms with E-state index in [1.54, 1.807) is 5.38 Å². The molecule has 0 radical (unpaired) electrons. The van der Waals surface area contributed by atoms with Gasteiger partial charge in [0.05, 0.1) is 20.6 Å². The Bertz CT molecular complexity index is 841. The third kappa shape index (κ3) is 3.55. The van der Waals surface area contributed by atoms with E-state index in [0.29, 0.717) is 10.0 Å². The summed E-state index contributed by atoms with van der Waals surface area (Å²) in [6, 6.07) is 11.4. The van der Waals surface area contributed by atoms with Gasteiger partial charge in [0.15, 0.2) is 0 Å². The van der Waals surface area contributed by atoms with Crippen molar-refractivity contribution in [1.29, 1.82) is 0 Å². The molecule has 0 spiro atoms. The van der Waals surface area contributed by atoms with E-state index in [1.165, 1.54) is 22.7 Å². The molecule has 0 bridgehead atoms. The van der Waals surface area contributed by atoms with Crippen LogP contribution in [0.1, 0.15) is 10.5 Å². The van der Waals surface area contributed by atoms with Crippen molar-refractivity contribution in [3.8, 4) is 9.88 Å². The molecule has 2 heterocycles. The number of para-hydroxylation sites is 2. The number of anilines is 2. The molecular weight excluding hydrogens is 350 g/mol. The number of halogens is 1. The maximum Gasteiger partial charge on any atom is 0.275 e. The molecule has 0 aliphatic rings. The molecule has 23 heavy (non-hydrogen) atoms. The highest BCUT2D eigenvalue weighted by molar-refractivity contribution is 7.23. The molecular formula is C16H14ClN3OS2. The summed E-state index contributed by atoms with van der Waals surface area (Å²) in [5, 5.41) is 5.48. The summed E-state index contributed by atoms with van der Waals surface area (Å²) in [5.41, 5.74) is 2.11. The van der Waals surface area contributed by atoms with Gasteiger partial charge in [-0.1, -0.05) is 23.7 Å². The first kappa shape index (κ1) is 16.0. The van der Waals surface area contributed by atoms with Gasteiger partial charge in [-0.2, -0.15) is 0 Å². The monoisotopic (exact) mass is 363 g/mol. The van der Waals surface area contributed by atoms with E-state index in [0.717, 1.165) is 21.3 Å². The quantitative estimate of drug-likeness (QED) is 0.721. The van der Waals surface area contributed by atoms with E-state index in [9.17, 15) is 4.79 Å². The number of hydrogen-bond donors (Lipinski definition) is 1. The lowest BCUT2D eigenvalue weighted by atomic mass is 10.2. The van der Waals surface area contributed by atoms with Crippen LogP contribution >= 0.6 is 34.3 Å². The molecule has 4 nitrogen and oxygen atoms in total. The zero-order valence-electron chi connectivity index (χ0n) is 12.5. The minimum absolute atomic E-state index is 0.218. The summed E-state index contributed by atoms with van der Waals surface area (Å²) in [6.45, 7) is 0. The number of hydrogen-bond acceptors (Lipinski definition) is 5. The Balaban J connectivity index is 1.81. The van der Waals surface area contributed by atoms with Crippen LogP contribution in [-0.4, -0.2) is 25.0 Å². The zero-order valence-corrected chi connectivity index (χ0v) is 14.9. The number of carbonyl (C=O) groups is 1. The Morgan fingerprint density at radius 2 is 2.00 bits per heavy atom. The summed E-state index contributed by atoms with van der Waals surface area (Å²) in [5.74, 6) is -0.218. The van der Waals surface area contributed by atoms with Crippen molar-refractivity contribution in [3.05, 3.63) is 51.8 Å². The lowest BCUT2D eigenvalue weighted by Crippen LogP contribution is -2.16. The topological polar surface area (TPSA) is 45.2 Å². The molecule has 1 amide bonds. The fraction of sp³-hybridized carbons (Fsp3) is 0.125. The Kier molecular flexibility index (Phi) is 4.66. The van der Waals surface area contributed by atoms with Crippen LogP contribution in [0.2, 0.25) is 4.34 Å². The highest BCUT2D eigenvalue weighted by Gasteiger charge is 2.15. The van der Waals surface area contributed by atoms with Crippen molar-refractivity contribution in [1.82, 2.24) is 4.98 Å².